The smallest absolute Gasteiger partial charge is 0.232 e. The van der Waals surface area contributed by atoms with Crippen molar-refractivity contribution in [1.82, 2.24) is 5.32 Å². The van der Waals surface area contributed by atoms with Crippen molar-refractivity contribution in [3.8, 4) is 0 Å². The molecule has 2 aliphatic carbocycles. The van der Waals surface area contributed by atoms with Gasteiger partial charge >= 0.3 is 0 Å². The molecule has 4 nitrogen and oxygen atoms in total. The Morgan fingerprint density at radius 3 is 2.71 bits per heavy atom. The molecule has 24 heavy (non-hydrogen) atoms. The number of carbonyl (C=O) groups excluding carboxylic acids is 2. The maximum Gasteiger partial charge on any atom is 0.232 e. The van der Waals surface area contributed by atoms with E-state index in [0.29, 0.717) is 12.3 Å². The molecule has 1 aliphatic heterocycles. The summed E-state index contributed by atoms with van der Waals surface area (Å²) < 4.78 is 0. The predicted molar refractivity (Wildman–Crippen MR) is 92.9 cm³/mol. The van der Waals surface area contributed by atoms with Gasteiger partial charge in [-0.2, -0.15) is 0 Å². The van der Waals surface area contributed by atoms with E-state index in [4.69, 9.17) is 0 Å². The first-order chi connectivity index (χ1) is 11.1. The molecule has 0 bridgehead atoms. The first-order valence-electron chi connectivity index (χ1n) is 9.02. The van der Waals surface area contributed by atoms with E-state index in [1.165, 1.54) is 5.57 Å². The van der Waals surface area contributed by atoms with Gasteiger partial charge in [-0.05, 0) is 48.3 Å². The van der Waals surface area contributed by atoms with E-state index in [1.807, 2.05) is 0 Å². The van der Waals surface area contributed by atoms with Crippen molar-refractivity contribution in [1.29, 1.82) is 0 Å². The van der Waals surface area contributed by atoms with Gasteiger partial charge in [0.25, 0.3) is 0 Å². The highest BCUT2D eigenvalue weighted by molar-refractivity contribution is 6.03. The third kappa shape index (κ3) is 2.75. The largest absolute Gasteiger partial charge is 0.392 e. The number of fused-ring (bicyclic) bond motifs is 1. The molecule has 2 fully saturated rings. The van der Waals surface area contributed by atoms with E-state index in [9.17, 15) is 14.7 Å². The van der Waals surface area contributed by atoms with Crippen molar-refractivity contribution in [2.45, 2.75) is 59.0 Å². The molecule has 2 amide bonds. The number of allylic oxidation sites excluding steroid dienone is 3. The molecule has 3 aliphatic rings. The molecule has 0 aromatic rings. The number of hydrogen-bond donors (Lipinski definition) is 2. The topological polar surface area (TPSA) is 66.4 Å². The van der Waals surface area contributed by atoms with Gasteiger partial charge in [0, 0.05) is 6.42 Å². The van der Waals surface area contributed by atoms with E-state index in [2.05, 4.69) is 44.8 Å². The van der Waals surface area contributed by atoms with E-state index < -0.39 is 12.0 Å². The lowest BCUT2D eigenvalue weighted by molar-refractivity contribution is -0.127. The lowest BCUT2D eigenvalue weighted by Gasteiger charge is -2.56. The van der Waals surface area contributed by atoms with Crippen molar-refractivity contribution < 1.29 is 14.7 Å². The van der Waals surface area contributed by atoms with Crippen LogP contribution in [0.3, 0.4) is 0 Å². The van der Waals surface area contributed by atoms with Crippen molar-refractivity contribution >= 4 is 11.8 Å². The molecule has 1 saturated carbocycles. The summed E-state index contributed by atoms with van der Waals surface area (Å²) in [5, 5.41) is 13.0. The molecule has 0 radical (unpaired) electrons. The zero-order valence-electron chi connectivity index (χ0n) is 15.0. The number of aliphatic hydroxyl groups is 1. The maximum atomic E-state index is 11.9. The molecule has 1 heterocycles. The van der Waals surface area contributed by atoms with E-state index in [-0.39, 0.29) is 35.0 Å². The lowest BCUT2D eigenvalue weighted by atomic mass is 9.49. The molecule has 0 unspecified atom stereocenters. The Hall–Kier alpha value is -1.42. The minimum atomic E-state index is -0.789. The Labute approximate surface area is 144 Å². The summed E-state index contributed by atoms with van der Waals surface area (Å²) >= 11 is 0. The fraction of sp³-hybridized carbons (Fsp3) is 0.700. The minimum absolute atomic E-state index is 0.0493. The zero-order valence-corrected chi connectivity index (χ0v) is 15.0. The van der Waals surface area contributed by atoms with Crippen LogP contribution in [-0.4, -0.2) is 23.0 Å². The molecule has 0 aromatic carbocycles. The second-order valence-corrected chi connectivity index (χ2v) is 8.76. The molecule has 0 aromatic heterocycles. The quantitative estimate of drug-likeness (QED) is 0.617. The van der Waals surface area contributed by atoms with Crippen LogP contribution in [0, 0.1) is 28.6 Å². The molecule has 1 saturated heterocycles. The van der Waals surface area contributed by atoms with Crippen molar-refractivity contribution in [2.75, 3.05) is 0 Å². The van der Waals surface area contributed by atoms with Crippen LogP contribution in [0.5, 0.6) is 0 Å². The van der Waals surface area contributed by atoms with Gasteiger partial charge in [-0.3, -0.25) is 14.9 Å². The van der Waals surface area contributed by atoms with Gasteiger partial charge in [-0.1, -0.05) is 45.1 Å². The summed E-state index contributed by atoms with van der Waals surface area (Å²) in [6.45, 7) is 11.2. The summed E-state index contributed by atoms with van der Waals surface area (Å²) in [4.78, 5) is 23.3. The number of rotatable bonds is 3. The molecule has 4 heteroatoms. The van der Waals surface area contributed by atoms with Crippen molar-refractivity contribution in [3.05, 3.63) is 24.3 Å². The Morgan fingerprint density at radius 1 is 1.38 bits per heavy atom. The first-order valence-corrected chi connectivity index (χ1v) is 9.02. The number of aliphatic hydroxyl groups excluding tert-OH is 1. The highest BCUT2D eigenvalue weighted by atomic mass is 16.3. The van der Waals surface area contributed by atoms with Crippen molar-refractivity contribution in [2.24, 2.45) is 28.6 Å². The van der Waals surface area contributed by atoms with Crippen LogP contribution >= 0.6 is 0 Å². The normalized spacial score (nSPS) is 39.5. The van der Waals surface area contributed by atoms with Gasteiger partial charge in [0.05, 0.1) is 12.0 Å². The van der Waals surface area contributed by atoms with Crippen LogP contribution in [0.1, 0.15) is 52.9 Å². The maximum absolute atomic E-state index is 11.9. The Morgan fingerprint density at radius 2 is 2.08 bits per heavy atom. The summed E-state index contributed by atoms with van der Waals surface area (Å²) in [5.41, 5.74) is 1.37. The number of nitrogens with one attached hydrogen (secondary N) is 1. The number of hydrogen-bond acceptors (Lipinski definition) is 3. The predicted octanol–water partition coefficient (Wildman–Crippen LogP) is 2.97. The zero-order chi connectivity index (χ0) is 17.7. The van der Waals surface area contributed by atoms with Crippen LogP contribution in [-0.2, 0) is 9.59 Å². The molecule has 3 rings (SSSR count). The van der Waals surface area contributed by atoms with Gasteiger partial charge in [0.2, 0.25) is 11.8 Å². The van der Waals surface area contributed by atoms with Crippen LogP contribution in [0.25, 0.3) is 0 Å². The Balaban J connectivity index is 1.83. The fourth-order valence-corrected chi connectivity index (χ4v) is 5.51. The molecule has 0 spiro atoms. The molecule has 132 valence electrons. The second-order valence-electron chi connectivity index (χ2n) is 8.76. The molecule has 2 N–H and O–H groups in total. The number of carbonyl (C=O) groups is 2. The SMILES string of the molecule is C=C1CC[C@H]2C(C)(C)C=CC[C@]2(C)[C@H]1C[C@H](O)[C@H]1CC(=O)NC1=O. The monoisotopic (exact) mass is 331 g/mol. The fourth-order valence-electron chi connectivity index (χ4n) is 5.51. The summed E-state index contributed by atoms with van der Waals surface area (Å²) in [5.74, 6) is -0.506. The third-order valence-electron chi connectivity index (χ3n) is 6.79. The molecule has 5 atom stereocenters. The van der Waals surface area contributed by atoms with Gasteiger partial charge in [-0.25, -0.2) is 0 Å². The average molecular weight is 331 g/mol. The van der Waals surface area contributed by atoms with Gasteiger partial charge in [-0.15, -0.1) is 0 Å². The van der Waals surface area contributed by atoms with Crippen LogP contribution in [0.4, 0.5) is 0 Å². The highest BCUT2D eigenvalue weighted by Gasteiger charge is 2.52. The van der Waals surface area contributed by atoms with Crippen molar-refractivity contribution in [3.63, 3.8) is 0 Å². The third-order valence-corrected chi connectivity index (χ3v) is 6.79. The van der Waals surface area contributed by atoms with E-state index >= 15 is 0 Å². The average Bonchev–Trinajstić information content (AvgIpc) is 2.80. The Kier molecular flexibility index (Phi) is 4.23. The van der Waals surface area contributed by atoms with Crippen LogP contribution < -0.4 is 5.32 Å². The molecular weight excluding hydrogens is 302 g/mol. The first kappa shape index (κ1) is 17.4. The van der Waals surface area contributed by atoms with Crippen LogP contribution in [0.2, 0.25) is 0 Å². The van der Waals surface area contributed by atoms with E-state index in [0.717, 1.165) is 19.3 Å². The van der Waals surface area contributed by atoms with Gasteiger partial charge < -0.3 is 5.11 Å². The summed E-state index contributed by atoms with van der Waals surface area (Å²) in [6.07, 6.45) is 7.50. The minimum Gasteiger partial charge on any atom is -0.392 e. The number of imide groups is 1. The summed E-state index contributed by atoms with van der Waals surface area (Å²) in [6, 6.07) is 0. The Bertz CT molecular complexity index is 606. The van der Waals surface area contributed by atoms with E-state index in [1.54, 1.807) is 0 Å². The molecular formula is C20H29NO3. The van der Waals surface area contributed by atoms with Crippen LogP contribution in [0.15, 0.2) is 24.3 Å². The highest BCUT2D eigenvalue weighted by Crippen LogP contribution is 2.59. The van der Waals surface area contributed by atoms with Gasteiger partial charge in [0.15, 0.2) is 0 Å². The second kappa shape index (κ2) is 5.83. The lowest BCUT2D eigenvalue weighted by Crippen LogP contribution is -2.49. The summed E-state index contributed by atoms with van der Waals surface area (Å²) in [7, 11) is 0. The standard InChI is InChI=1S/C20H29NO3/c1-12-6-7-16-19(2,3)8-5-9-20(16,4)14(12)11-15(22)13-10-17(23)21-18(13)24/h5,8,13-16,22H,1,6-7,9-11H2,2-4H3,(H,21,23,24)/t13-,14+,15+,16+,20-/m1/s1. The number of amides is 2. The van der Waals surface area contributed by atoms with Gasteiger partial charge in [0.1, 0.15) is 0 Å².